The highest BCUT2D eigenvalue weighted by Crippen LogP contribution is 2.15. The maximum Gasteiger partial charge on any atom is 0.251 e. The quantitative estimate of drug-likeness (QED) is 0.0691. The minimum Gasteiger partial charge on any atom is -0.399 e. The number of anilines is 1. The van der Waals surface area contributed by atoms with Gasteiger partial charge in [0.1, 0.15) is 0 Å². The average molecular weight is 572 g/mol. The van der Waals surface area contributed by atoms with Crippen LogP contribution < -0.4 is 16.4 Å². The predicted molar refractivity (Wildman–Crippen MR) is 178 cm³/mol. The molecule has 0 heterocycles. The van der Waals surface area contributed by atoms with Gasteiger partial charge < -0.3 is 16.4 Å². The first-order valence-corrected chi connectivity index (χ1v) is 17.6. The van der Waals surface area contributed by atoms with Crippen LogP contribution >= 0.6 is 0 Å². The highest BCUT2D eigenvalue weighted by Gasteiger charge is 2.12. The van der Waals surface area contributed by atoms with Crippen LogP contribution in [0.2, 0.25) is 0 Å². The number of hydrogen-bond donors (Lipinski definition) is 3. The van der Waals surface area contributed by atoms with Gasteiger partial charge in [-0.15, -0.1) is 0 Å². The van der Waals surface area contributed by atoms with E-state index < -0.39 is 0 Å². The second-order valence-corrected chi connectivity index (χ2v) is 12.1. The smallest absolute Gasteiger partial charge is 0.251 e. The Labute approximate surface area is 253 Å². The largest absolute Gasteiger partial charge is 0.399 e. The van der Waals surface area contributed by atoms with Crippen LogP contribution in [0.1, 0.15) is 189 Å². The lowest BCUT2D eigenvalue weighted by atomic mass is 10.1. The van der Waals surface area contributed by atoms with Gasteiger partial charge in [-0.2, -0.15) is 0 Å². The zero-order chi connectivity index (χ0) is 29.8. The Morgan fingerprint density at radius 3 is 1.02 bits per heavy atom. The zero-order valence-electron chi connectivity index (χ0n) is 27.0. The van der Waals surface area contributed by atoms with Crippen molar-refractivity contribution in [3.63, 3.8) is 0 Å². The van der Waals surface area contributed by atoms with Crippen LogP contribution in [0.4, 0.5) is 5.69 Å². The van der Waals surface area contributed by atoms with E-state index in [1.807, 2.05) is 0 Å². The van der Waals surface area contributed by atoms with E-state index in [2.05, 4.69) is 24.5 Å². The molecular weight excluding hydrogens is 506 g/mol. The van der Waals surface area contributed by atoms with Gasteiger partial charge in [-0.05, 0) is 31.0 Å². The molecule has 0 aliphatic rings. The van der Waals surface area contributed by atoms with Crippen molar-refractivity contribution in [3.05, 3.63) is 29.3 Å². The molecule has 0 atom stereocenters. The van der Waals surface area contributed by atoms with Crippen molar-refractivity contribution in [2.75, 3.05) is 18.8 Å². The molecule has 0 bridgehead atoms. The normalized spacial score (nSPS) is 11.1. The van der Waals surface area contributed by atoms with E-state index in [9.17, 15) is 9.59 Å². The molecule has 41 heavy (non-hydrogen) atoms. The van der Waals surface area contributed by atoms with Gasteiger partial charge >= 0.3 is 0 Å². The molecule has 0 spiro atoms. The molecule has 1 rings (SSSR count). The molecule has 0 radical (unpaired) electrons. The number of nitrogen functional groups attached to an aromatic ring is 1. The van der Waals surface area contributed by atoms with Crippen LogP contribution in [-0.4, -0.2) is 24.9 Å². The summed E-state index contributed by atoms with van der Waals surface area (Å²) in [6.45, 7) is 5.85. The van der Waals surface area contributed by atoms with Gasteiger partial charge in [-0.1, -0.05) is 155 Å². The fraction of sp³-hybridized carbons (Fsp3) is 0.778. The molecule has 0 unspecified atom stereocenters. The second-order valence-electron chi connectivity index (χ2n) is 12.1. The Balaban J connectivity index is 2.11. The topological polar surface area (TPSA) is 84.2 Å². The molecule has 0 aliphatic carbocycles. The molecule has 0 saturated carbocycles. The summed E-state index contributed by atoms with van der Waals surface area (Å²) in [5.74, 6) is -0.314. The minimum absolute atomic E-state index is 0.157. The Morgan fingerprint density at radius 1 is 0.463 bits per heavy atom. The van der Waals surface area contributed by atoms with Gasteiger partial charge in [-0.25, -0.2) is 0 Å². The summed E-state index contributed by atoms with van der Waals surface area (Å²) in [6, 6.07) is 4.96. The number of nitrogens with two attached hydrogens (primary N) is 1. The highest BCUT2D eigenvalue weighted by atomic mass is 16.2. The molecule has 2 amide bonds. The van der Waals surface area contributed by atoms with Crippen LogP contribution in [0.25, 0.3) is 0 Å². The molecule has 5 heteroatoms. The van der Waals surface area contributed by atoms with Crippen molar-refractivity contribution >= 4 is 17.5 Å². The van der Waals surface area contributed by atoms with Crippen molar-refractivity contribution in [2.24, 2.45) is 0 Å². The molecule has 5 nitrogen and oxygen atoms in total. The van der Waals surface area contributed by atoms with E-state index in [1.54, 1.807) is 18.2 Å². The third-order valence-electron chi connectivity index (χ3n) is 8.11. The van der Waals surface area contributed by atoms with Crippen LogP contribution in [-0.2, 0) is 0 Å². The fourth-order valence-corrected chi connectivity index (χ4v) is 5.45. The molecule has 0 saturated heterocycles. The molecule has 0 fully saturated rings. The summed E-state index contributed by atoms with van der Waals surface area (Å²) >= 11 is 0. The molecule has 0 aromatic heterocycles. The van der Waals surface area contributed by atoms with Gasteiger partial charge in [0.05, 0.1) is 0 Å². The number of carbonyl (C=O) groups excluding carboxylic acids is 2. The average Bonchev–Trinajstić information content (AvgIpc) is 2.97. The lowest BCUT2D eigenvalue weighted by molar-refractivity contribution is 0.0952. The molecule has 0 aliphatic heterocycles. The van der Waals surface area contributed by atoms with Crippen molar-refractivity contribution < 1.29 is 9.59 Å². The summed E-state index contributed by atoms with van der Waals surface area (Å²) < 4.78 is 0. The Bertz CT molecular complexity index is 720. The number of carbonyl (C=O) groups is 2. The Kier molecular flexibility index (Phi) is 24.2. The summed E-state index contributed by atoms with van der Waals surface area (Å²) in [4.78, 5) is 25.3. The second kappa shape index (κ2) is 26.8. The van der Waals surface area contributed by atoms with E-state index >= 15 is 0 Å². The third kappa shape index (κ3) is 21.3. The maximum absolute atomic E-state index is 12.7. The highest BCUT2D eigenvalue weighted by molar-refractivity contribution is 6.00. The van der Waals surface area contributed by atoms with Crippen molar-refractivity contribution in [1.82, 2.24) is 10.6 Å². The summed E-state index contributed by atoms with van der Waals surface area (Å²) in [6.07, 6.45) is 31.1. The number of benzene rings is 1. The Morgan fingerprint density at radius 2 is 0.732 bits per heavy atom. The predicted octanol–water partition coefficient (Wildman–Crippen LogP) is 10.1. The van der Waals surface area contributed by atoms with Crippen LogP contribution in [0.3, 0.4) is 0 Å². The standard InChI is InChI=1S/C36H65N3O2/c1-3-5-7-9-11-13-15-17-19-21-23-25-27-38-35(40)32-29-33(31-34(37)30-32)36(41)39-28-26-24-22-20-18-16-14-12-10-8-6-4-2/h29-31H,3-28,37H2,1-2H3,(H,38,40)(H,39,41). The number of unbranched alkanes of at least 4 members (excludes halogenated alkanes) is 22. The number of hydrogen-bond acceptors (Lipinski definition) is 3. The van der Waals surface area contributed by atoms with Gasteiger partial charge in [0.2, 0.25) is 0 Å². The van der Waals surface area contributed by atoms with Gasteiger partial charge in [-0.3, -0.25) is 9.59 Å². The lowest BCUT2D eigenvalue weighted by Gasteiger charge is -2.10. The van der Waals surface area contributed by atoms with Gasteiger partial charge in [0.15, 0.2) is 0 Å². The van der Waals surface area contributed by atoms with Crippen LogP contribution in [0.5, 0.6) is 0 Å². The van der Waals surface area contributed by atoms with E-state index in [0.29, 0.717) is 29.9 Å². The SMILES string of the molecule is CCCCCCCCCCCCCCNC(=O)c1cc(N)cc(C(=O)NCCCCCCCCCCCCCC)c1. The van der Waals surface area contributed by atoms with Crippen LogP contribution in [0, 0.1) is 0 Å². The number of amides is 2. The summed E-state index contributed by atoms with van der Waals surface area (Å²) in [5, 5.41) is 5.99. The lowest BCUT2D eigenvalue weighted by Crippen LogP contribution is -2.27. The maximum atomic E-state index is 12.7. The van der Waals surface area contributed by atoms with Crippen LogP contribution in [0.15, 0.2) is 18.2 Å². The molecular formula is C36H65N3O2. The molecule has 1 aromatic rings. The first kappa shape index (κ1) is 37.0. The molecule has 1 aromatic carbocycles. The monoisotopic (exact) mass is 572 g/mol. The third-order valence-corrected chi connectivity index (χ3v) is 8.11. The Hall–Kier alpha value is -2.04. The number of nitrogens with one attached hydrogen (secondary N) is 2. The molecule has 4 N–H and O–H groups in total. The van der Waals surface area contributed by atoms with E-state index in [0.717, 1.165) is 25.7 Å². The zero-order valence-corrected chi connectivity index (χ0v) is 27.0. The van der Waals surface area contributed by atoms with Gasteiger partial charge in [0, 0.05) is 29.9 Å². The minimum atomic E-state index is -0.157. The first-order chi connectivity index (χ1) is 20.1. The van der Waals surface area contributed by atoms with E-state index in [4.69, 9.17) is 5.73 Å². The van der Waals surface area contributed by atoms with Crippen molar-refractivity contribution in [2.45, 2.75) is 168 Å². The fourth-order valence-electron chi connectivity index (χ4n) is 5.45. The van der Waals surface area contributed by atoms with Gasteiger partial charge in [0.25, 0.3) is 11.8 Å². The summed E-state index contributed by atoms with van der Waals surface area (Å²) in [5.41, 5.74) is 7.38. The van der Waals surface area contributed by atoms with E-state index in [1.165, 1.54) is 128 Å². The number of rotatable bonds is 28. The van der Waals surface area contributed by atoms with Crippen molar-refractivity contribution in [3.8, 4) is 0 Å². The van der Waals surface area contributed by atoms with E-state index in [-0.39, 0.29) is 11.8 Å². The molecule has 236 valence electrons. The first-order valence-electron chi connectivity index (χ1n) is 17.6. The summed E-state index contributed by atoms with van der Waals surface area (Å²) in [7, 11) is 0. The van der Waals surface area contributed by atoms with Crippen molar-refractivity contribution in [1.29, 1.82) is 0 Å².